The van der Waals surface area contributed by atoms with Gasteiger partial charge in [0.15, 0.2) is 6.10 Å². The van der Waals surface area contributed by atoms with Crippen LogP contribution in [0.3, 0.4) is 0 Å². The van der Waals surface area contributed by atoms with Gasteiger partial charge in [-0.2, -0.15) is 0 Å². The third-order valence-corrected chi connectivity index (χ3v) is 4.24. The monoisotopic (exact) mass is 386 g/mol. The van der Waals surface area contributed by atoms with Gasteiger partial charge in [-0.1, -0.05) is 24.3 Å². The van der Waals surface area contributed by atoms with Gasteiger partial charge in [-0.15, -0.1) is 0 Å². The Kier molecular flexibility index (Phi) is 6.98. The second-order valence-corrected chi connectivity index (χ2v) is 6.89. The predicted octanol–water partition coefficient (Wildman–Crippen LogP) is 3.12. The van der Waals surface area contributed by atoms with Crippen LogP contribution < -0.4 is 15.4 Å². The first-order valence-electron chi connectivity index (χ1n) is 9.10. The van der Waals surface area contributed by atoms with Crippen molar-refractivity contribution in [1.82, 2.24) is 10.6 Å². The number of imide groups is 1. The Morgan fingerprint density at radius 1 is 0.929 bits per heavy atom. The summed E-state index contributed by atoms with van der Waals surface area (Å²) in [6.07, 6.45) is -1.09. The first-order valence-corrected chi connectivity index (χ1v) is 9.10. The van der Waals surface area contributed by atoms with Gasteiger partial charge in [0.25, 0.3) is 5.91 Å². The summed E-state index contributed by atoms with van der Waals surface area (Å²) in [5.74, 6) is -1.02. The number of urea groups is 1. The van der Waals surface area contributed by atoms with Gasteiger partial charge in [0.2, 0.25) is 0 Å². The van der Waals surface area contributed by atoms with Crippen LogP contribution in [0.4, 0.5) is 4.79 Å². The van der Waals surface area contributed by atoms with Crippen molar-refractivity contribution in [3.63, 3.8) is 0 Å². The molecule has 2 aromatic carbocycles. The van der Waals surface area contributed by atoms with E-state index in [2.05, 4.69) is 10.6 Å². The number of hydrogen-bond acceptors (Lipinski definition) is 5. The van der Waals surface area contributed by atoms with Gasteiger partial charge < -0.3 is 14.8 Å². The van der Waals surface area contributed by atoms with Gasteiger partial charge in [-0.3, -0.25) is 14.9 Å². The molecule has 0 fully saturated rings. The van der Waals surface area contributed by atoms with E-state index in [1.807, 2.05) is 36.4 Å². The molecule has 2 rings (SSSR count). The molecule has 3 amide bonds. The Hall–Kier alpha value is -3.09. The number of hydrogen-bond donors (Lipinski definition) is 2. The van der Waals surface area contributed by atoms with Crippen LogP contribution in [-0.4, -0.2) is 37.2 Å². The molecular formula is C21H26N2O5. The maximum atomic E-state index is 12.4. The Labute approximate surface area is 164 Å². The summed E-state index contributed by atoms with van der Waals surface area (Å²) < 4.78 is 10.4. The first-order chi connectivity index (χ1) is 13.2. The fourth-order valence-corrected chi connectivity index (χ4v) is 2.62. The smallest absolute Gasteiger partial charge is 0.321 e. The van der Waals surface area contributed by atoms with Crippen LogP contribution in [0.15, 0.2) is 36.4 Å². The lowest BCUT2D eigenvalue weighted by Crippen LogP contribution is -2.46. The van der Waals surface area contributed by atoms with Crippen molar-refractivity contribution in [2.75, 3.05) is 7.11 Å². The Morgan fingerprint density at radius 2 is 1.57 bits per heavy atom. The van der Waals surface area contributed by atoms with Crippen molar-refractivity contribution < 1.29 is 23.9 Å². The summed E-state index contributed by atoms with van der Waals surface area (Å²) in [6.45, 7) is 6.68. The van der Waals surface area contributed by atoms with E-state index in [4.69, 9.17) is 9.47 Å². The van der Waals surface area contributed by atoms with Crippen molar-refractivity contribution in [2.45, 2.75) is 45.8 Å². The summed E-state index contributed by atoms with van der Waals surface area (Å²) in [4.78, 5) is 36.0. The molecular weight excluding hydrogens is 360 g/mol. The molecule has 28 heavy (non-hydrogen) atoms. The third-order valence-electron chi connectivity index (χ3n) is 4.24. The van der Waals surface area contributed by atoms with E-state index < -0.39 is 29.9 Å². The number of ether oxygens (including phenoxy) is 2. The lowest BCUT2D eigenvalue weighted by Gasteiger charge is -2.17. The summed E-state index contributed by atoms with van der Waals surface area (Å²) in [7, 11) is 1.61. The van der Waals surface area contributed by atoms with Crippen LogP contribution >= 0.6 is 0 Å². The molecule has 2 aromatic rings. The van der Waals surface area contributed by atoms with Gasteiger partial charge in [-0.25, -0.2) is 4.79 Å². The quantitative estimate of drug-likeness (QED) is 0.744. The molecule has 0 aromatic heterocycles. The van der Waals surface area contributed by atoms with Crippen molar-refractivity contribution in [1.29, 1.82) is 0 Å². The Balaban J connectivity index is 2.02. The second kappa shape index (κ2) is 9.21. The predicted molar refractivity (Wildman–Crippen MR) is 106 cm³/mol. The molecule has 0 unspecified atom stereocenters. The van der Waals surface area contributed by atoms with E-state index >= 15 is 0 Å². The number of fused-ring (bicyclic) bond motifs is 1. The van der Waals surface area contributed by atoms with Gasteiger partial charge in [0.1, 0.15) is 5.75 Å². The average Bonchev–Trinajstić information content (AvgIpc) is 2.65. The Morgan fingerprint density at radius 3 is 2.21 bits per heavy atom. The molecule has 0 aliphatic rings. The number of benzene rings is 2. The molecule has 0 aliphatic heterocycles. The molecule has 0 spiro atoms. The van der Waals surface area contributed by atoms with Gasteiger partial charge in [-0.05, 0) is 56.2 Å². The lowest BCUT2D eigenvalue weighted by atomic mass is 9.98. The number of rotatable bonds is 6. The van der Waals surface area contributed by atoms with Crippen LogP contribution in [0, 0.1) is 0 Å². The summed E-state index contributed by atoms with van der Waals surface area (Å²) in [5, 5.41) is 6.65. The minimum atomic E-state index is -1.09. The fourth-order valence-electron chi connectivity index (χ4n) is 2.62. The van der Waals surface area contributed by atoms with Crippen LogP contribution in [0.2, 0.25) is 0 Å². The van der Waals surface area contributed by atoms with Crippen molar-refractivity contribution in [3.8, 4) is 5.75 Å². The standard InChI is InChI=1S/C21H26N2O5/c1-12(2)22-21(26)23-19(24)14(4)28-20(25)13(3)15-6-7-17-11-18(27-5)9-8-16(17)10-15/h6-14H,1-5H3,(H2,22,23,24,26)/t13-,14+/m0/s1. The van der Waals surface area contributed by atoms with Crippen LogP contribution in [0.25, 0.3) is 10.8 Å². The molecule has 2 N–H and O–H groups in total. The summed E-state index contributed by atoms with van der Waals surface area (Å²) in [6, 6.07) is 10.6. The van der Waals surface area contributed by atoms with Gasteiger partial charge in [0, 0.05) is 6.04 Å². The fraction of sp³-hybridized carbons (Fsp3) is 0.381. The maximum Gasteiger partial charge on any atom is 0.321 e. The summed E-state index contributed by atoms with van der Waals surface area (Å²) in [5.41, 5.74) is 0.771. The van der Waals surface area contributed by atoms with E-state index in [1.54, 1.807) is 27.9 Å². The van der Waals surface area contributed by atoms with Crippen LogP contribution in [0.5, 0.6) is 5.75 Å². The Bertz CT molecular complexity index is 878. The highest BCUT2D eigenvalue weighted by Crippen LogP contribution is 2.26. The molecule has 2 atom stereocenters. The number of nitrogens with one attached hydrogen (secondary N) is 2. The number of amides is 3. The minimum Gasteiger partial charge on any atom is -0.497 e. The molecule has 7 nitrogen and oxygen atoms in total. The van der Waals surface area contributed by atoms with E-state index in [-0.39, 0.29) is 6.04 Å². The second-order valence-electron chi connectivity index (χ2n) is 6.89. The van der Waals surface area contributed by atoms with E-state index in [0.29, 0.717) is 0 Å². The molecule has 0 bridgehead atoms. The lowest BCUT2D eigenvalue weighted by molar-refractivity contribution is -0.155. The highest BCUT2D eigenvalue weighted by atomic mass is 16.5. The van der Waals surface area contributed by atoms with Gasteiger partial charge >= 0.3 is 12.0 Å². The van der Waals surface area contributed by atoms with E-state index in [9.17, 15) is 14.4 Å². The minimum absolute atomic E-state index is 0.112. The van der Waals surface area contributed by atoms with Crippen molar-refractivity contribution >= 4 is 28.7 Å². The highest BCUT2D eigenvalue weighted by molar-refractivity contribution is 5.97. The van der Waals surface area contributed by atoms with Gasteiger partial charge in [0.05, 0.1) is 13.0 Å². The third kappa shape index (κ3) is 5.45. The zero-order valence-electron chi connectivity index (χ0n) is 16.7. The number of carbonyl (C=O) groups excluding carboxylic acids is 3. The summed E-state index contributed by atoms with van der Waals surface area (Å²) >= 11 is 0. The van der Waals surface area contributed by atoms with E-state index in [1.165, 1.54) is 6.92 Å². The molecule has 0 aliphatic carbocycles. The number of methoxy groups -OCH3 is 1. The number of carbonyl (C=O) groups is 3. The molecule has 7 heteroatoms. The normalized spacial score (nSPS) is 12.9. The molecule has 0 saturated carbocycles. The topological polar surface area (TPSA) is 93.7 Å². The van der Waals surface area contributed by atoms with Crippen LogP contribution in [0.1, 0.15) is 39.2 Å². The SMILES string of the molecule is COc1ccc2cc([C@H](C)C(=O)O[C@H](C)C(=O)NC(=O)NC(C)C)ccc2c1. The molecule has 0 radical (unpaired) electrons. The van der Waals surface area contributed by atoms with Crippen molar-refractivity contribution in [2.24, 2.45) is 0 Å². The van der Waals surface area contributed by atoms with Crippen LogP contribution in [-0.2, 0) is 14.3 Å². The zero-order valence-corrected chi connectivity index (χ0v) is 16.7. The molecule has 150 valence electrons. The largest absolute Gasteiger partial charge is 0.497 e. The number of esters is 1. The molecule has 0 heterocycles. The maximum absolute atomic E-state index is 12.4. The van der Waals surface area contributed by atoms with E-state index in [0.717, 1.165) is 22.1 Å². The van der Waals surface area contributed by atoms with Crippen molar-refractivity contribution in [3.05, 3.63) is 42.0 Å². The molecule has 0 saturated heterocycles. The zero-order chi connectivity index (χ0) is 20.8. The first kappa shape index (κ1) is 21.2. The average molecular weight is 386 g/mol. The highest BCUT2D eigenvalue weighted by Gasteiger charge is 2.24.